The van der Waals surface area contributed by atoms with Gasteiger partial charge in [0.2, 0.25) is 9.84 Å². The van der Waals surface area contributed by atoms with Gasteiger partial charge in [-0.05, 0) is 19.1 Å². The molecule has 1 aromatic carbocycles. The van der Waals surface area contributed by atoms with Gasteiger partial charge < -0.3 is 30.3 Å². The Bertz CT molecular complexity index is 626. The summed E-state index contributed by atoms with van der Waals surface area (Å²) in [6.45, 7) is 0.885. The second-order valence-electron chi connectivity index (χ2n) is 5.21. The molecule has 1 heterocycles. The second kappa shape index (κ2) is 5.85. The van der Waals surface area contributed by atoms with E-state index in [1.54, 1.807) is 6.92 Å². The van der Waals surface area contributed by atoms with Crippen LogP contribution in [0.15, 0.2) is 29.2 Å². The second-order valence-corrected chi connectivity index (χ2v) is 7.28. The molecule has 9 heteroatoms. The van der Waals surface area contributed by atoms with Gasteiger partial charge in [0.1, 0.15) is 18.3 Å². The van der Waals surface area contributed by atoms with Gasteiger partial charge in [0.25, 0.3) is 0 Å². The first-order valence-corrected chi connectivity index (χ1v) is 8.00. The quantitative estimate of drug-likeness (QED) is 0.422. The molecular formula is C13H18O8S. The Morgan fingerprint density at radius 2 is 1.68 bits per heavy atom. The lowest BCUT2D eigenvalue weighted by atomic mass is 9.99. The van der Waals surface area contributed by atoms with Gasteiger partial charge in [0, 0.05) is 0 Å². The van der Waals surface area contributed by atoms with Crippen molar-refractivity contribution in [3.05, 3.63) is 29.8 Å². The number of hydrogen-bond acceptors (Lipinski definition) is 8. The summed E-state index contributed by atoms with van der Waals surface area (Å²) in [5, 5.41) is 45.5. The minimum atomic E-state index is -4.63. The minimum Gasteiger partial charge on any atom is -0.394 e. The van der Waals surface area contributed by atoms with Crippen LogP contribution in [-0.2, 0) is 14.6 Å². The smallest absolute Gasteiger partial charge is 0.306 e. The molecule has 1 aromatic rings. The molecular weight excluding hydrogens is 316 g/mol. The highest BCUT2D eigenvalue weighted by molar-refractivity contribution is 7.92. The predicted molar refractivity (Wildman–Crippen MR) is 73.3 cm³/mol. The summed E-state index contributed by atoms with van der Waals surface area (Å²) in [6.07, 6.45) is -7.62. The van der Waals surface area contributed by atoms with E-state index in [0.29, 0.717) is 0 Å². The van der Waals surface area contributed by atoms with Crippen molar-refractivity contribution in [3.63, 3.8) is 0 Å². The Morgan fingerprint density at radius 1 is 1.14 bits per heavy atom. The van der Waals surface area contributed by atoms with E-state index in [1.165, 1.54) is 24.3 Å². The summed E-state index contributed by atoms with van der Waals surface area (Å²) in [4.78, 5) is -0.333. The molecule has 5 N–H and O–H groups in total. The van der Waals surface area contributed by atoms with Crippen molar-refractivity contribution < 1.29 is 38.7 Å². The van der Waals surface area contributed by atoms with E-state index in [2.05, 4.69) is 0 Å². The van der Waals surface area contributed by atoms with Crippen LogP contribution in [0.5, 0.6) is 0 Å². The van der Waals surface area contributed by atoms with Crippen LogP contribution < -0.4 is 0 Å². The third kappa shape index (κ3) is 2.54. The fourth-order valence-corrected chi connectivity index (χ4v) is 3.77. The molecule has 0 unspecified atom stereocenters. The van der Waals surface area contributed by atoms with Gasteiger partial charge in [0.05, 0.1) is 11.5 Å². The SMILES string of the molecule is Cc1ccc(S(=O)(=O)[C@@]2(O)O[C@H](CO)[C@@H](O)[C@H](O)[C@H]2O)cc1. The van der Waals surface area contributed by atoms with Gasteiger partial charge in [-0.1, -0.05) is 17.7 Å². The first-order valence-electron chi connectivity index (χ1n) is 6.51. The highest BCUT2D eigenvalue weighted by Crippen LogP contribution is 2.36. The van der Waals surface area contributed by atoms with E-state index in [4.69, 9.17) is 9.84 Å². The van der Waals surface area contributed by atoms with Crippen molar-refractivity contribution in [3.8, 4) is 0 Å². The molecule has 0 radical (unpaired) electrons. The zero-order valence-corrected chi connectivity index (χ0v) is 12.5. The first kappa shape index (κ1) is 17.3. The van der Waals surface area contributed by atoms with Crippen molar-refractivity contribution in [2.45, 2.75) is 41.4 Å². The fraction of sp³-hybridized carbons (Fsp3) is 0.538. The lowest BCUT2D eigenvalue weighted by molar-refractivity contribution is -0.309. The van der Waals surface area contributed by atoms with Crippen molar-refractivity contribution >= 4 is 9.84 Å². The van der Waals surface area contributed by atoms with Crippen LogP contribution in [0.1, 0.15) is 5.56 Å². The van der Waals surface area contributed by atoms with Crippen LogP contribution in [0, 0.1) is 6.92 Å². The van der Waals surface area contributed by atoms with E-state index in [0.717, 1.165) is 5.56 Å². The van der Waals surface area contributed by atoms with E-state index < -0.39 is 46.0 Å². The van der Waals surface area contributed by atoms with Crippen molar-refractivity contribution in [1.29, 1.82) is 0 Å². The van der Waals surface area contributed by atoms with Crippen LogP contribution in [-0.4, -0.2) is 70.1 Å². The highest BCUT2D eigenvalue weighted by atomic mass is 32.2. The molecule has 22 heavy (non-hydrogen) atoms. The largest absolute Gasteiger partial charge is 0.394 e. The molecule has 1 aliphatic heterocycles. The fourth-order valence-electron chi connectivity index (χ4n) is 2.23. The maximum atomic E-state index is 12.5. The molecule has 8 nitrogen and oxygen atoms in total. The number of sulfone groups is 1. The number of rotatable bonds is 3. The van der Waals surface area contributed by atoms with Crippen LogP contribution >= 0.6 is 0 Å². The summed E-state index contributed by atoms with van der Waals surface area (Å²) in [7, 11) is -4.63. The summed E-state index contributed by atoms with van der Waals surface area (Å²) in [5.74, 6) is 0. The Morgan fingerprint density at radius 3 is 2.18 bits per heavy atom. The van der Waals surface area contributed by atoms with E-state index >= 15 is 0 Å². The molecule has 5 atom stereocenters. The van der Waals surface area contributed by atoms with Gasteiger partial charge in [-0.2, -0.15) is 0 Å². The van der Waals surface area contributed by atoms with Crippen molar-refractivity contribution in [2.75, 3.05) is 6.61 Å². The maximum absolute atomic E-state index is 12.5. The van der Waals surface area contributed by atoms with Gasteiger partial charge in [-0.25, -0.2) is 8.42 Å². The topological polar surface area (TPSA) is 145 Å². The molecule has 1 aliphatic rings. The Kier molecular flexibility index (Phi) is 4.60. The molecule has 0 bridgehead atoms. The van der Waals surface area contributed by atoms with Crippen molar-refractivity contribution in [2.24, 2.45) is 0 Å². The monoisotopic (exact) mass is 334 g/mol. The van der Waals surface area contributed by atoms with E-state index in [-0.39, 0.29) is 4.90 Å². The number of aryl methyl sites for hydroxylation is 1. The van der Waals surface area contributed by atoms with Gasteiger partial charge >= 0.3 is 5.12 Å². The third-order valence-electron chi connectivity index (χ3n) is 3.64. The van der Waals surface area contributed by atoms with Crippen LogP contribution in [0.3, 0.4) is 0 Å². The molecule has 0 amide bonds. The Balaban J connectivity index is 2.49. The summed E-state index contributed by atoms with van der Waals surface area (Å²) < 4.78 is 29.9. The van der Waals surface area contributed by atoms with E-state index in [1.807, 2.05) is 0 Å². The maximum Gasteiger partial charge on any atom is 0.306 e. The van der Waals surface area contributed by atoms with Crippen LogP contribution in [0.4, 0.5) is 0 Å². The van der Waals surface area contributed by atoms with E-state index in [9.17, 15) is 28.8 Å². The standard InChI is InChI=1S/C13H18O8S/c1-7-2-4-8(5-3-7)22(19,20)13(18)12(17)11(16)10(15)9(6-14)21-13/h2-5,9-12,14-18H,6H2,1H3/t9-,10-,11+,12-,13+/m1/s1. The molecule has 0 aromatic heterocycles. The number of aliphatic hydroxyl groups excluding tert-OH is 4. The molecule has 0 spiro atoms. The van der Waals surface area contributed by atoms with Crippen LogP contribution in [0.2, 0.25) is 0 Å². The minimum absolute atomic E-state index is 0.333. The molecule has 0 saturated carbocycles. The summed E-state index contributed by atoms with van der Waals surface area (Å²) in [6, 6.07) is 5.40. The number of aliphatic hydroxyl groups is 5. The first-order chi connectivity index (χ1) is 10.1. The lowest BCUT2D eigenvalue weighted by Crippen LogP contribution is -2.67. The molecule has 124 valence electrons. The molecule has 1 fully saturated rings. The normalized spacial score (nSPS) is 36.3. The zero-order chi connectivity index (χ0) is 16.7. The molecule has 0 aliphatic carbocycles. The van der Waals surface area contributed by atoms with Gasteiger partial charge in [-0.3, -0.25) is 0 Å². The summed E-state index contributed by atoms with van der Waals surface area (Å²) in [5.41, 5.74) is 0.778. The summed E-state index contributed by atoms with van der Waals surface area (Å²) >= 11 is 0. The molecule has 2 rings (SSSR count). The van der Waals surface area contributed by atoms with Crippen LogP contribution in [0.25, 0.3) is 0 Å². The van der Waals surface area contributed by atoms with Gasteiger partial charge in [0.15, 0.2) is 6.10 Å². The highest BCUT2D eigenvalue weighted by Gasteiger charge is 2.60. The average Bonchev–Trinajstić information content (AvgIpc) is 2.49. The Labute approximate surface area is 127 Å². The van der Waals surface area contributed by atoms with Crippen molar-refractivity contribution in [1.82, 2.24) is 0 Å². The average molecular weight is 334 g/mol. The number of ether oxygens (including phenoxy) is 1. The predicted octanol–water partition coefficient (Wildman–Crippen LogP) is -2.11. The Hall–Kier alpha value is -1.07. The number of benzene rings is 1. The number of hydrogen-bond donors (Lipinski definition) is 5. The zero-order valence-electron chi connectivity index (χ0n) is 11.7. The molecule has 1 saturated heterocycles. The lowest BCUT2D eigenvalue weighted by Gasteiger charge is -2.44. The van der Waals surface area contributed by atoms with Gasteiger partial charge in [-0.15, -0.1) is 0 Å². The third-order valence-corrected chi connectivity index (χ3v) is 5.65.